The number of nitrogens with one attached hydrogen (secondary N) is 1. The lowest BCUT2D eigenvalue weighted by Crippen LogP contribution is -2.48. The molecule has 0 unspecified atom stereocenters. The van der Waals surface area contributed by atoms with E-state index in [9.17, 15) is 13.2 Å². The third-order valence-corrected chi connectivity index (χ3v) is 5.78. The molecule has 6 nitrogen and oxygen atoms in total. The van der Waals surface area contributed by atoms with Crippen LogP contribution < -0.4 is 4.72 Å². The average Bonchev–Trinajstić information content (AvgIpc) is 2.61. The number of hydrogen-bond acceptors (Lipinski definition) is 4. The fraction of sp³-hybridized carbons (Fsp3) is 0.588. The summed E-state index contributed by atoms with van der Waals surface area (Å²) in [5.74, 6) is -0.101. The topological polar surface area (TPSA) is 69.7 Å². The summed E-state index contributed by atoms with van der Waals surface area (Å²) >= 11 is 0. The minimum atomic E-state index is -3.56. The third-order valence-electron chi connectivity index (χ3n) is 4.32. The number of rotatable bonds is 7. The van der Waals surface area contributed by atoms with Crippen molar-refractivity contribution in [3.8, 4) is 0 Å². The van der Waals surface area contributed by atoms with Crippen LogP contribution in [0.2, 0.25) is 0 Å². The molecule has 0 aromatic heterocycles. The Balaban J connectivity index is 2.08. The van der Waals surface area contributed by atoms with E-state index < -0.39 is 10.0 Å². The van der Waals surface area contributed by atoms with Crippen molar-refractivity contribution in [3.05, 3.63) is 29.8 Å². The molecule has 134 valence electrons. The third kappa shape index (κ3) is 4.78. The minimum absolute atomic E-state index is 0.101. The lowest BCUT2D eigenvalue weighted by Gasteiger charge is -2.34. The van der Waals surface area contributed by atoms with Crippen LogP contribution in [0.25, 0.3) is 0 Å². The number of amides is 1. The summed E-state index contributed by atoms with van der Waals surface area (Å²) < 4.78 is 27.2. The maximum atomic E-state index is 12.6. The number of piperazine rings is 1. The van der Waals surface area contributed by atoms with Gasteiger partial charge in [-0.05, 0) is 31.2 Å². The van der Waals surface area contributed by atoms with E-state index in [0.717, 1.165) is 32.5 Å². The number of hydrogen-bond donors (Lipinski definition) is 1. The van der Waals surface area contributed by atoms with Crippen molar-refractivity contribution >= 4 is 15.9 Å². The fourth-order valence-electron chi connectivity index (χ4n) is 2.71. The van der Waals surface area contributed by atoms with Crippen LogP contribution in [0, 0.1) is 0 Å². The van der Waals surface area contributed by atoms with Crippen LogP contribution in [0.1, 0.15) is 37.0 Å². The molecule has 1 amide bonds. The van der Waals surface area contributed by atoms with Crippen LogP contribution >= 0.6 is 0 Å². The van der Waals surface area contributed by atoms with Gasteiger partial charge in [0.2, 0.25) is 10.0 Å². The molecule has 1 saturated heterocycles. The Kier molecular flexibility index (Phi) is 6.77. The van der Waals surface area contributed by atoms with Crippen LogP contribution in [-0.2, 0) is 10.0 Å². The highest BCUT2D eigenvalue weighted by Gasteiger charge is 2.22. The zero-order chi connectivity index (χ0) is 17.6. The first kappa shape index (κ1) is 18.9. The van der Waals surface area contributed by atoms with Crippen LogP contribution in [0.3, 0.4) is 0 Å². The predicted octanol–water partition coefficient (Wildman–Crippen LogP) is 1.54. The van der Waals surface area contributed by atoms with Gasteiger partial charge < -0.3 is 9.80 Å². The number of unbranched alkanes of at least 4 members (excludes halogenated alkanes) is 1. The highest BCUT2D eigenvalue weighted by Crippen LogP contribution is 2.14. The van der Waals surface area contributed by atoms with Crippen molar-refractivity contribution in [3.63, 3.8) is 0 Å². The molecule has 1 fully saturated rings. The van der Waals surface area contributed by atoms with Crippen LogP contribution in [0.4, 0.5) is 0 Å². The SMILES string of the molecule is CCCCNS(=O)(=O)c1cccc(C(=O)N2CCN(CC)CC2)c1. The highest BCUT2D eigenvalue weighted by molar-refractivity contribution is 7.89. The Morgan fingerprint density at radius 1 is 1.17 bits per heavy atom. The van der Waals surface area contributed by atoms with Crippen LogP contribution in [-0.4, -0.2) is 63.4 Å². The van der Waals surface area contributed by atoms with Crippen molar-refractivity contribution in [2.45, 2.75) is 31.6 Å². The van der Waals surface area contributed by atoms with Crippen molar-refractivity contribution in [1.82, 2.24) is 14.5 Å². The number of sulfonamides is 1. The first-order chi connectivity index (χ1) is 11.5. The van der Waals surface area contributed by atoms with E-state index in [1.807, 2.05) is 6.92 Å². The summed E-state index contributed by atoms with van der Waals surface area (Å²) in [6.07, 6.45) is 1.71. The Labute approximate surface area is 144 Å². The highest BCUT2D eigenvalue weighted by atomic mass is 32.2. The molecule has 0 bridgehead atoms. The molecule has 1 aromatic carbocycles. The van der Waals surface area contributed by atoms with Gasteiger partial charge in [-0.15, -0.1) is 0 Å². The zero-order valence-electron chi connectivity index (χ0n) is 14.5. The van der Waals surface area contributed by atoms with Gasteiger partial charge in [0.15, 0.2) is 0 Å². The summed E-state index contributed by atoms with van der Waals surface area (Å²) in [6.45, 7) is 8.59. The lowest BCUT2D eigenvalue weighted by atomic mass is 10.2. The van der Waals surface area contributed by atoms with Crippen molar-refractivity contribution in [2.75, 3.05) is 39.3 Å². The largest absolute Gasteiger partial charge is 0.336 e. The summed E-state index contributed by atoms with van der Waals surface area (Å²) in [7, 11) is -3.56. The molecule has 7 heteroatoms. The van der Waals surface area contributed by atoms with Gasteiger partial charge in [0.05, 0.1) is 4.90 Å². The lowest BCUT2D eigenvalue weighted by molar-refractivity contribution is 0.0643. The van der Waals surface area contributed by atoms with Crippen molar-refractivity contribution in [1.29, 1.82) is 0 Å². The van der Waals surface area contributed by atoms with Crippen LogP contribution in [0.15, 0.2) is 29.2 Å². The molecular weight excluding hydrogens is 326 g/mol. The Bertz CT molecular complexity index is 653. The van der Waals surface area contributed by atoms with E-state index in [1.165, 1.54) is 12.1 Å². The number of carbonyl (C=O) groups excluding carboxylic acids is 1. The summed E-state index contributed by atoms with van der Waals surface area (Å²) in [6, 6.07) is 6.31. The second kappa shape index (κ2) is 8.60. The molecule has 24 heavy (non-hydrogen) atoms. The standard InChI is InChI=1S/C17H27N3O3S/c1-3-5-9-18-24(22,23)16-8-6-7-15(14-16)17(21)20-12-10-19(4-2)11-13-20/h6-8,14,18H,3-5,9-13H2,1-2H3. The first-order valence-corrected chi connectivity index (χ1v) is 10.1. The van der Waals surface area contributed by atoms with Gasteiger partial charge >= 0.3 is 0 Å². The summed E-state index contributed by atoms with van der Waals surface area (Å²) in [4.78, 5) is 16.9. The van der Waals surface area contributed by atoms with Gasteiger partial charge in [0.1, 0.15) is 0 Å². The van der Waals surface area contributed by atoms with E-state index in [0.29, 0.717) is 25.2 Å². The molecule has 0 atom stereocenters. The zero-order valence-corrected chi connectivity index (χ0v) is 15.3. The second-order valence-electron chi connectivity index (χ2n) is 6.01. The molecule has 1 aliphatic heterocycles. The number of nitrogens with zero attached hydrogens (tertiary/aromatic N) is 2. The number of likely N-dealkylation sites (N-methyl/N-ethyl adjacent to an activating group) is 1. The van der Waals surface area contributed by atoms with Gasteiger partial charge in [0.25, 0.3) is 5.91 Å². The average molecular weight is 353 g/mol. The van der Waals surface area contributed by atoms with E-state index >= 15 is 0 Å². The summed E-state index contributed by atoms with van der Waals surface area (Å²) in [5, 5.41) is 0. The molecule has 0 spiro atoms. The van der Waals surface area contributed by atoms with E-state index in [1.54, 1.807) is 17.0 Å². The molecule has 0 saturated carbocycles. The van der Waals surface area contributed by atoms with Gasteiger partial charge in [-0.2, -0.15) is 0 Å². The van der Waals surface area contributed by atoms with Gasteiger partial charge in [-0.1, -0.05) is 26.3 Å². The first-order valence-electron chi connectivity index (χ1n) is 8.59. The maximum Gasteiger partial charge on any atom is 0.253 e. The maximum absolute atomic E-state index is 12.6. The van der Waals surface area contributed by atoms with E-state index in [-0.39, 0.29) is 10.8 Å². The predicted molar refractivity (Wildman–Crippen MR) is 94.6 cm³/mol. The minimum Gasteiger partial charge on any atom is -0.336 e. The molecule has 1 heterocycles. The number of benzene rings is 1. The Morgan fingerprint density at radius 3 is 2.50 bits per heavy atom. The van der Waals surface area contributed by atoms with Crippen molar-refractivity contribution < 1.29 is 13.2 Å². The van der Waals surface area contributed by atoms with Gasteiger partial charge in [0, 0.05) is 38.3 Å². The molecule has 1 aromatic rings. The molecule has 0 radical (unpaired) electrons. The van der Waals surface area contributed by atoms with E-state index in [4.69, 9.17) is 0 Å². The fourth-order valence-corrected chi connectivity index (χ4v) is 3.83. The van der Waals surface area contributed by atoms with Crippen LogP contribution in [0.5, 0.6) is 0 Å². The quantitative estimate of drug-likeness (QED) is 0.755. The van der Waals surface area contributed by atoms with E-state index in [2.05, 4.69) is 16.5 Å². The van der Waals surface area contributed by atoms with Gasteiger partial charge in [-0.25, -0.2) is 13.1 Å². The molecule has 0 aliphatic carbocycles. The van der Waals surface area contributed by atoms with Gasteiger partial charge in [-0.3, -0.25) is 4.79 Å². The number of carbonyl (C=O) groups is 1. The summed E-state index contributed by atoms with van der Waals surface area (Å²) in [5.41, 5.74) is 0.429. The molecule has 1 aliphatic rings. The monoisotopic (exact) mass is 353 g/mol. The van der Waals surface area contributed by atoms with Crippen molar-refractivity contribution in [2.24, 2.45) is 0 Å². The molecular formula is C17H27N3O3S. The molecule has 1 N–H and O–H groups in total. The normalized spacial score (nSPS) is 16.3. The smallest absolute Gasteiger partial charge is 0.253 e. The molecule has 2 rings (SSSR count). The Morgan fingerprint density at radius 2 is 1.88 bits per heavy atom. The second-order valence-corrected chi connectivity index (χ2v) is 7.77. The Hall–Kier alpha value is -1.44.